The van der Waals surface area contributed by atoms with Gasteiger partial charge in [0.05, 0.1) is 0 Å². The average molecular weight is 205 g/mol. The third-order valence-corrected chi connectivity index (χ3v) is 2.85. The van der Waals surface area contributed by atoms with Crippen LogP contribution in [0.5, 0.6) is 0 Å². The molecule has 15 heavy (non-hydrogen) atoms. The summed E-state index contributed by atoms with van der Waals surface area (Å²) >= 11 is 0. The molecule has 0 aliphatic carbocycles. The van der Waals surface area contributed by atoms with E-state index < -0.39 is 0 Å². The van der Waals surface area contributed by atoms with Crippen molar-refractivity contribution >= 4 is 0 Å². The number of rotatable bonds is 7. The van der Waals surface area contributed by atoms with Crippen LogP contribution in [-0.4, -0.2) is 0 Å². The van der Waals surface area contributed by atoms with Crippen LogP contribution in [0.25, 0.3) is 0 Å². The molecular formula is C14H23N. The molecule has 0 spiro atoms. The molecule has 0 amide bonds. The Morgan fingerprint density at radius 3 is 2.33 bits per heavy atom. The lowest BCUT2D eigenvalue weighted by atomic mass is 10.0. The monoisotopic (exact) mass is 205 g/mol. The van der Waals surface area contributed by atoms with E-state index in [1.807, 2.05) is 6.07 Å². The molecule has 84 valence electrons. The molecule has 1 heteroatoms. The van der Waals surface area contributed by atoms with Crippen LogP contribution in [-0.2, 0) is 0 Å². The van der Waals surface area contributed by atoms with Gasteiger partial charge < -0.3 is 5.73 Å². The molecule has 0 aliphatic heterocycles. The Balaban J connectivity index is 2.16. The highest BCUT2D eigenvalue weighted by Gasteiger charge is 2.03. The fraction of sp³-hybridized carbons (Fsp3) is 0.571. The molecule has 0 unspecified atom stereocenters. The van der Waals surface area contributed by atoms with Crippen molar-refractivity contribution in [3.63, 3.8) is 0 Å². The van der Waals surface area contributed by atoms with Crippen molar-refractivity contribution in [1.29, 1.82) is 0 Å². The molecule has 0 fully saturated rings. The second kappa shape index (κ2) is 7.47. The van der Waals surface area contributed by atoms with Crippen LogP contribution in [0.2, 0.25) is 0 Å². The van der Waals surface area contributed by atoms with Gasteiger partial charge in [0.1, 0.15) is 0 Å². The Morgan fingerprint density at radius 2 is 1.67 bits per heavy atom. The molecule has 0 radical (unpaired) electrons. The first kappa shape index (κ1) is 12.3. The lowest BCUT2D eigenvalue weighted by molar-refractivity contribution is 0.555. The number of hydrogen-bond donors (Lipinski definition) is 1. The topological polar surface area (TPSA) is 26.0 Å². The highest BCUT2D eigenvalue weighted by Crippen LogP contribution is 2.17. The molecule has 1 rings (SSSR count). The van der Waals surface area contributed by atoms with Gasteiger partial charge in [-0.05, 0) is 12.0 Å². The third-order valence-electron chi connectivity index (χ3n) is 2.85. The Bertz CT molecular complexity index is 243. The molecule has 1 nitrogen and oxygen atoms in total. The lowest BCUT2D eigenvalue weighted by Crippen LogP contribution is -2.09. The fourth-order valence-electron chi connectivity index (χ4n) is 1.83. The summed E-state index contributed by atoms with van der Waals surface area (Å²) in [6.45, 7) is 2.25. The van der Waals surface area contributed by atoms with Crippen LogP contribution in [0.15, 0.2) is 30.3 Å². The van der Waals surface area contributed by atoms with Crippen molar-refractivity contribution in [2.45, 2.75) is 51.5 Å². The van der Waals surface area contributed by atoms with Crippen molar-refractivity contribution in [3.8, 4) is 0 Å². The Labute approximate surface area is 93.7 Å². The molecule has 0 aliphatic rings. The van der Waals surface area contributed by atoms with Crippen LogP contribution in [0.4, 0.5) is 0 Å². The van der Waals surface area contributed by atoms with Gasteiger partial charge in [-0.1, -0.05) is 69.4 Å². The minimum atomic E-state index is 0.229. The largest absolute Gasteiger partial charge is 0.324 e. The second-order valence-electron chi connectivity index (χ2n) is 4.22. The van der Waals surface area contributed by atoms with E-state index in [0.29, 0.717) is 0 Å². The maximum atomic E-state index is 6.11. The summed E-state index contributed by atoms with van der Waals surface area (Å²) in [7, 11) is 0. The molecule has 0 aromatic heterocycles. The predicted molar refractivity (Wildman–Crippen MR) is 66.7 cm³/mol. The molecule has 1 aromatic rings. The van der Waals surface area contributed by atoms with Gasteiger partial charge in [0.15, 0.2) is 0 Å². The van der Waals surface area contributed by atoms with Gasteiger partial charge in [0.25, 0.3) is 0 Å². The average Bonchev–Trinajstić information content (AvgIpc) is 2.30. The predicted octanol–water partition coefficient (Wildman–Crippen LogP) is 4.05. The standard InChI is InChI=1S/C14H23N/c1-2-3-4-5-9-12-14(15)13-10-7-6-8-11-13/h6-8,10-11,14H,2-5,9,12,15H2,1H3/t14-/m0/s1. The molecule has 2 N–H and O–H groups in total. The summed E-state index contributed by atoms with van der Waals surface area (Å²) in [6, 6.07) is 10.6. The van der Waals surface area contributed by atoms with Crippen molar-refractivity contribution < 1.29 is 0 Å². The van der Waals surface area contributed by atoms with Gasteiger partial charge in [-0.3, -0.25) is 0 Å². The molecule has 1 atom stereocenters. The van der Waals surface area contributed by atoms with E-state index in [-0.39, 0.29) is 6.04 Å². The first-order valence-corrected chi connectivity index (χ1v) is 6.15. The van der Waals surface area contributed by atoms with E-state index in [2.05, 4.69) is 31.2 Å². The number of hydrogen-bond acceptors (Lipinski definition) is 1. The zero-order valence-electron chi connectivity index (χ0n) is 9.78. The Kier molecular flexibility index (Phi) is 6.10. The summed E-state index contributed by atoms with van der Waals surface area (Å²) in [5, 5.41) is 0. The van der Waals surface area contributed by atoms with Crippen LogP contribution < -0.4 is 5.73 Å². The summed E-state index contributed by atoms with van der Waals surface area (Å²) < 4.78 is 0. The maximum absolute atomic E-state index is 6.11. The quantitative estimate of drug-likeness (QED) is 0.668. The minimum Gasteiger partial charge on any atom is -0.324 e. The van der Waals surface area contributed by atoms with E-state index in [9.17, 15) is 0 Å². The highest BCUT2D eigenvalue weighted by atomic mass is 14.6. The van der Waals surface area contributed by atoms with E-state index in [1.54, 1.807) is 0 Å². The highest BCUT2D eigenvalue weighted by molar-refractivity contribution is 5.18. The van der Waals surface area contributed by atoms with Crippen LogP contribution in [0.1, 0.15) is 57.1 Å². The van der Waals surface area contributed by atoms with E-state index in [1.165, 1.54) is 37.7 Å². The lowest BCUT2D eigenvalue weighted by Gasteiger charge is -2.11. The molecular weight excluding hydrogens is 182 g/mol. The van der Waals surface area contributed by atoms with Gasteiger partial charge in [0, 0.05) is 6.04 Å². The smallest absolute Gasteiger partial charge is 0.0294 e. The fourth-order valence-corrected chi connectivity index (χ4v) is 1.83. The number of benzene rings is 1. The molecule has 1 aromatic carbocycles. The van der Waals surface area contributed by atoms with Gasteiger partial charge in [-0.25, -0.2) is 0 Å². The second-order valence-corrected chi connectivity index (χ2v) is 4.22. The molecule has 0 heterocycles. The van der Waals surface area contributed by atoms with Crippen molar-refractivity contribution in [3.05, 3.63) is 35.9 Å². The summed E-state index contributed by atoms with van der Waals surface area (Å²) in [6.07, 6.45) is 7.74. The van der Waals surface area contributed by atoms with Crippen molar-refractivity contribution in [2.24, 2.45) is 5.73 Å². The molecule has 0 saturated carbocycles. The normalized spacial score (nSPS) is 12.7. The van der Waals surface area contributed by atoms with Crippen LogP contribution >= 0.6 is 0 Å². The number of unbranched alkanes of at least 4 members (excludes halogenated alkanes) is 4. The summed E-state index contributed by atoms with van der Waals surface area (Å²) in [4.78, 5) is 0. The SMILES string of the molecule is CCCCCCC[C@H](N)c1ccccc1. The zero-order valence-corrected chi connectivity index (χ0v) is 9.78. The van der Waals surface area contributed by atoms with Crippen LogP contribution in [0, 0.1) is 0 Å². The number of nitrogens with two attached hydrogens (primary N) is 1. The maximum Gasteiger partial charge on any atom is 0.0294 e. The van der Waals surface area contributed by atoms with E-state index in [4.69, 9.17) is 5.73 Å². The van der Waals surface area contributed by atoms with E-state index >= 15 is 0 Å². The molecule has 0 saturated heterocycles. The van der Waals surface area contributed by atoms with Gasteiger partial charge in [-0.15, -0.1) is 0 Å². The summed E-state index contributed by atoms with van der Waals surface area (Å²) in [5.74, 6) is 0. The minimum absolute atomic E-state index is 0.229. The van der Waals surface area contributed by atoms with Crippen molar-refractivity contribution in [2.75, 3.05) is 0 Å². The van der Waals surface area contributed by atoms with Gasteiger partial charge in [-0.2, -0.15) is 0 Å². The Hall–Kier alpha value is -0.820. The van der Waals surface area contributed by atoms with Gasteiger partial charge in [0.2, 0.25) is 0 Å². The van der Waals surface area contributed by atoms with Crippen molar-refractivity contribution in [1.82, 2.24) is 0 Å². The third kappa shape index (κ3) is 4.98. The summed E-state index contributed by atoms with van der Waals surface area (Å²) in [5.41, 5.74) is 7.38. The molecule has 0 bridgehead atoms. The zero-order chi connectivity index (χ0) is 10.9. The first-order chi connectivity index (χ1) is 7.34. The van der Waals surface area contributed by atoms with Gasteiger partial charge >= 0.3 is 0 Å². The first-order valence-electron chi connectivity index (χ1n) is 6.15. The van der Waals surface area contributed by atoms with E-state index in [0.717, 1.165) is 6.42 Å². The Morgan fingerprint density at radius 1 is 1.00 bits per heavy atom. The van der Waals surface area contributed by atoms with Crippen LogP contribution in [0.3, 0.4) is 0 Å².